The molecule has 1 radical (unpaired) electrons. The summed E-state index contributed by atoms with van der Waals surface area (Å²) in [7, 11) is 14.8. The van der Waals surface area contributed by atoms with Gasteiger partial charge in [-0.25, -0.2) is 30.1 Å². The number of hydrogen-bond donors (Lipinski definition) is 0. The molecule has 0 nitrogen and oxygen atoms in total. The quantitative estimate of drug-likeness (QED) is 0.566. The second-order valence-corrected chi connectivity index (χ2v) is 6.68. The summed E-state index contributed by atoms with van der Waals surface area (Å²) in [5, 5.41) is 0. The minimum absolute atomic E-state index is 0. The van der Waals surface area contributed by atoms with E-state index in [0.29, 0.717) is 0 Å². The van der Waals surface area contributed by atoms with Gasteiger partial charge in [0.2, 0.25) is 0 Å². The SMILES string of the molecule is [Ag].[Cl][Al]([Cl])[Cl]. The molecule has 0 aliphatic rings. The minimum Gasteiger partial charge on any atom is -0.214 e. The van der Waals surface area contributed by atoms with Crippen LogP contribution in [0.15, 0.2) is 0 Å². The number of rotatable bonds is 0. The van der Waals surface area contributed by atoms with Crippen LogP contribution in [0.2, 0.25) is 0 Å². The monoisotopic (exact) mass is 239 g/mol. The van der Waals surface area contributed by atoms with Crippen molar-refractivity contribution in [3.8, 4) is 0 Å². The summed E-state index contributed by atoms with van der Waals surface area (Å²) >= 11 is -1.72. The van der Waals surface area contributed by atoms with Crippen molar-refractivity contribution >= 4 is 41.5 Å². The Morgan fingerprint density at radius 2 is 1.00 bits per heavy atom. The van der Waals surface area contributed by atoms with Gasteiger partial charge in [0.1, 0.15) is 0 Å². The van der Waals surface area contributed by atoms with E-state index in [-0.39, 0.29) is 22.4 Å². The van der Waals surface area contributed by atoms with E-state index in [1.807, 2.05) is 0 Å². The summed E-state index contributed by atoms with van der Waals surface area (Å²) in [6, 6.07) is 0. The van der Waals surface area contributed by atoms with E-state index < -0.39 is 11.4 Å². The normalized spacial score (nSPS) is 5.40. The van der Waals surface area contributed by atoms with Crippen LogP contribution < -0.4 is 0 Å². The molecule has 0 N–H and O–H groups in total. The molecule has 0 aliphatic carbocycles. The maximum absolute atomic E-state index is 4.94. The Bertz CT molecular complexity index is 11.6. The van der Waals surface area contributed by atoms with Crippen molar-refractivity contribution in [3.05, 3.63) is 0 Å². The van der Waals surface area contributed by atoms with Crippen molar-refractivity contribution in [3.63, 3.8) is 0 Å². The van der Waals surface area contributed by atoms with Crippen molar-refractivity contribution in [2.24, 2.45) is 0 Å². The van der Waals surface area contributed by atoms with Crippen molar-refractivity contribution in [2.45, 2.75) is 0 Å². The van der Waals surface area contributed by atoms with Gasteiger partial charge >= 0.3 is 11.4 Å². The Morgan fingerprint density at radius 1 is 1.00 bits per heavy atom. The first kappa shape index (κ1) is 10.2. The first-order valence-corrected chi connectivity index (χ1v) is 5.89. The zero-order valence-electron chi connectivity index (χ0n) is 2.01. The van der Waals surface area contributed by atoms with Crippen LogP contribution in [0.5, 0.6) is 0 Å². The summed E-state index contributed by atoms with van der Waals surface area (Å²) in [5.74, 6) is 0. The fourth-order valence-electron chi connectivity index (χ4n) is 0. The molecule has 0 heterocycles. The Labute approximate surface area is 63.3 Å². The Morgan fingerprint density at radius 3 is 1.00 bits per heavy atom. The summed E-state index contributed by atoms with van der Waals surface area (Å²) < 4.78 is 0. The standard InChI is InChI=1S/Ag.Al.3ClH/h;;3*1H/q;+3;;;/p-3. The van der Waals surface area contributed by atoms with Crippen molar-refractivity contribution < 1.29 is 22.4 Å². The topological polar surface area (TPSA) is 0 Å². The van der Waals surface area contributed by atoms with Gasteiger partial charge in [-0.05, 0) is 0 Å². The van der Waals surface area contributed by atoms with Gasteiger partial charge in [0.25, 0.3) is 0 Å². The third-order valence-electron chi connectivity index (χ3n) is 0. The van der Waals surface area contributed by atoms with Crippen LogP contribution in [0.1, 0.15) is 0 Å². The fraction of sp³-hybridized carbons (Fsp3) is 0. The summed E-state index contributed by atoms with van der Waals surface area (Å²) in [6.07, 6.45) is 0. The molecule has 0 saturated carbocycles. The van der Waals surface area contributed by atoms with Gasteiger partial charge in [-0.2, -0.15) is 0 Å². The molecule has 0 aliphatic heterocycles. The van der Waals surface area contributed by atoms with E-state index >= 15 is 0 Å². The van der Waals surface area contributed by atoms with Gasteiger partial charge in [0.05, 0.1) is 0 Å². The van der Waals surface area contributed by atoms with Crippen molar-refractivity contribution in [1.29, 1.82) is 0 Å². The van der Waals surface area contributed by atoms with Gasteiger partial charge in [-0.3, -0.25) is 0 Å². The predicted molar refractivity (Wildman–Crippen MR) is 23.3 cm³/mol. The first-order chi connectivity index (χ1) is 1.73. The zero-order chi connectivity index (χ0) is 3.58. The van der Waals surface area contributed by atoms with Crippen molar-refractivity contribution in [1.82, 2.24) is 0 Å². The van der Waals surface area contributed by atoms with Crippen LogP contribution in [-0.4, -0.2) is 11.4 Å². The van der Waals surface area contributed by atoms with Crippen LogP contribution in [0.25, 0.3) is 0 Å². The van der Waals surface area contributed by atoms with E-state index in [1.165, 1.54) is 0 Å². The summed E-state index contributed by atoms with van der Waals surface area (Å²) in [4.78, 5) is 0. The van der Waals surface area contributed by atoms with Gasteiger partial charge in [0.15, 0.2) is 0 Å². The van der Waals surface area contributed by atoms with E-state index in [1.54, 1.807) is 0 Å². The van der Waals surface area contributed by atoms with Crippen LogP contribution in [0.4, 0.5) is 0 Å². The summed E-state index contributed by atoms with van der Waals surface area (Å²) in [5.41, 5.74) is 0. The molecule has 0 unspecified atom stereocenters. The molecule has 35 valence electrons. The summed E-state index contributed by atoms with van der Waals surface area (Å²) in [6.45, 7) is 0. The maximum atomic E-state index is 4.94. The average molecular weight is 241 g/mol. The second-order valence-electron chi connectivity index (χ2n) is 0.247. The van der Waals surface area contributed by atoms with Crippen LogP contribution >= 0.6 is 30.1 Å². The molecule has 0 spiro atoms. The molecule has 0 aromatic rings. The minimum atomic E-state index is -1.72. The predicted octanol–water partition coefficient (Wildman–Crippen LogP) is 1.69. The van der Waals surface area contributed by atoms with E-state index in [4.69, 9.17) is 30.1 Å². The third kappa shape index (κ3) is 23.0. The molecule has 0 fully saturated rings. The van der Waals surface area contributed by atoms with Gasteiger partial charge in [-0.15, -0.1) is 0 Å². The van der Waals surface area contributed by atoms with Crippen molar-refractivity contribution in [2.75, 3.05) is 0 Å². The molecular formula is AgAlCl3. The van der Waals surface area contributed by atoms with Gasteiger partial charge in [0, 0.05) is 22.4 Å². The van der Waals surface area contributed by atoms with E-state index in [2.05, 4.69) is 0 Å². The van der Waals surface area contributed by atoms with Gasteiger partial charge < -0.3 is 0 Å². The Balaban J connectivity index is 0. The van der Waals surface area contributed by atoms with Crippen LogP contribution in [-0.2, 0) is 22.4 Å². The van der Waals surface area contributed by atoms with Gasteiger partial charge in [-0.1, -0.05) is 0 Å². The molecule has 0 rings (SSSR count). The van der Waals surface area contributed by atoms with E-state index in [9.17, 15) is 0 Å². The molecule has 0 saturated heterocycles. The zero-order valence-corrected chi connectivity index (χ0v) is 6.92. The Kier molecular flexibility index (Phi) is 12.5. The Hall–Kier alpha value is 2.14. The second kappa shape index (κ2) is 6.14. The molecule has 5 heavy (non-hydrogen) atoms. The first-order valence-electron chi connectivity index (χ1n) is 0.655. The fourth-order valence-corrected chi connectivity index (χ4v) is 0. The molecule has 0 amide bonds. The van der Waals surface area contributed by atoms with Crippen LogP contribution in [0, 0.1) is 0 Å². The smallest absolute Gasteiger partial charge is 0.214 e. The molecule has 0 aromatic carbocycles. The largest absolute Gasteiger partial charge is 0.643 e. The molecule has 0 aromatic heterocycles. The molecule has 5 heteroatoms. The third-order valence-corrected chi connectivity index (χ3v) is 0. The molecule has 0 atom stereocenters. The molecule has 0 bridgehead atoms. The number of hydrogen-bond acceptors (Lipinski definition) is 0. The maximum Gasteiger partial charge on any atom is 0.643 e. The van der Waals surface area contributed by atoms with E-state index in [0.717, 1.165) is 0 Å². The molecular weight excluding hydrogens is 241 g/mol. The number of halogens is 3. The van der Waals surface area contributed by atoms with Crippen LogP contribution in [0.3, 0.4) is 0 Å². The average Bonchev–Trinajstić information content (AvgIpc) is 0.811.